The van der Waals surface area contributed by atoms with E-state index in [-0.39, 0.29) is 19.0 Å². The molecule has 1 atom stereocenters. The molecule has 6 heteroatoms. The van der Waals surface area contributed by atoms with Gasteiger partial charge in [0.15, 0.2) is 23.3 Å². The van der Waals surface area contributed by atoms with E-state index in [0.717, 1.165) is 32.1 Å². The van der Waals surface area contributed by atoms with E-state index in [9.17, 15) is 22.0 Å². The smallest absolute Gasteiger partial charge is 0.200 e. The van der Waals surface area contributed by atoms with E-state index >= 15 is 0 Å². The quantitative estimate of drug-likeness (QED) is 0.210. The number of hydrogen-bond donors (Lipinski definition) is 0. The topological polar surface area (TPSA) is 3.24 Å². The summed E-state index contributed by atoms with van der Waals surface area (Å²) in [6.45, 7) is 6.46. The molecule has 0 N–H and O–H groups in total. The van der Waals surface area contributed by atoms with Crippen LogP contribution in [0.4, 0.5) is 27.6 Å². The van der Waals surface area contributed by atoms with Crippen LogP contribution in [0, 0.1) is 35.0 Å². The third kappa shape index (κ3) is 5.08. The van der Waals surface area contributed by atoms with Crippen LogP contribution in [0.1, 0.15) is 59.3 Å². The van der Waals surface area contributed by atoms with Gasteiger partial charge in [-0.3, -0.25) is 0 Å². The van der Waals surface area contributed by atoms with Gasteiger partial charge in [0.1, 0.15) is 5.69 Å². The van der Waals surface area contributed by atoms with Crippen molar-refractivity contribution in [2.75, 3.05) is 18.0 Å². The molecule has 0 heterocycles. The molecule has 0 radical (unpaired) electrons. The van der Waals surface area contributed by atoms with Crippen molar-refractivity contribution < 1.29 is 22.0 Å². The third-order valence-electron chi connectivity index (χ3n) is 4.10. The fraction of sp³-hybridized carbons (Fsp3) is 0.667. The van der Waals surface area contributed by atoms with Crippen molar-refractivity contribution in [1.29, 1.82) is 0 Å². The van der Waals surface area contributed by atoms with Crippen molar-refractivity contribution in [3.05, 3.63) is 29.1 Å². The first-order valence-electron chi connectivity index (χ1n) is 8.61. The van der Waals surface area contributed by atoms with Gasteiger partial charge in [-0.25, -0.2) is 22.0 Å². The highest BCUT2D eigenvalue weighted by molar-refractivity contribution is 5.50. The van der Waals surface area contributed by atoms with E-state index < -0.39 is 34.8 Å². The molecule has 1 aromatic carbocycles. The van der Waals surface area contributed by atoms with Gasteiger partial charge in [-0.15, -0.1) is 0 Å². The first-order chi connectivity index (χ1) is 11.3. The lowest BCUT2D eigenvalue weighted by atomic mass is 10.0. The van der Waals surface area contributed by atoms with Gasteiger partial charge in [-0.2, -0.15) is 0 Å². The summed E-state index contributed by atoms with van der Waals surface area (Å²) in [4.78, 5) is 1.31. The SMILES string of the molecule is CCCCCCN(CC(C)CCC)c1c(F)c(F)c(F)c(F)c1F. The maximum absolute atomic E-state index is 14.1. The maximum Gasteiger partial charge on any atom is 0.200 e. The summed E-state index contributed by atoms with van der Waals surface area (Å²) < 4.78 is 68.5. The highest BCUT2D eigenvalue weighted by Gasteiger charge is 2.29. The number of anilines is 1. The molecule has 24 heavy (non-hydrogen) atoms. The van der Waals surface area contributed by atoms with Gasteiger partial charge in [0.25, 0.3) is 0 Å². The van der Waals surface area contributed by atoms with Crippen molar-refractivity contribution in [3.63, 3.8) is 0 Å². The molecule has 0 saturated heterocycles. The normalized spacial score (nSPS) is 12.5. The first kappa shape index (κ1) is 20.7. The van der Waals surface area contributed by atoms with E-state index in [2.05, 4.69) is 0 Å². The van der Waals surface area contributed by atoms with Crippen LogP contribution in [0.25, 0.3) is 0 Å². The highest BCUT2D eigenvalue weighted by atomic mass is 19.2. The lowest BCUT2D eigenvalue weighted by Crippen LogP contribution is -2.32. The zero-order valence-electron chi connectivity index (χ0n) is 14.6. The molecule has 0 fully saturated rings. The summed E-state index contributed by atoms with van der Waals surface area (Å²) in [5, 5.41) is 0. The van der Waals surface area contributed by atoms with Crippen LogP contribution < -0.4 is 4.90 Å². The molecular weight excluding hydrogens is 325 g/mol. The molecule has 1 aromatic rings. The molecule has 1 nitrogen and oxygen atoms in total. The summed E-state index contributed by atoms with van der Waals surface area (Å²) in [6.07, 6.45) is 5.17. The number of hydrogen-bond acceptors (Lipinski definition) is 1. The van der Waals surface area contributed by atoms with E-state index in [0.29, 0.717) is 6.42 Å². The van der Waals surface area contributed by atoms with Crippen molar-refractivity contribution in [2.45, 2.75) is 59.3 Å². The summed E-state index contributed by atoms with van der Waals surface area (Å²) in [7, 11) is 0. The Bertz CT molecular complexity index is 504. The Hall–Kier alpha value is -1.33. The highest BCUT2D eigenvalue weighted by Crippen LogP contribution is 2.31. The van der Waals surface area contributed by atoms with E-state index in [1.165, 1.54) is 4.90 Å². The number of benzene rings is 1. The monoisotopic (exact) mass is 351 g/mol. The van der Waals surface area contributed by atoms with E-state index in [4.69, 9.17) is 0 Å². The van der Waals surface area contributed by atoms with Crippen molar-refractivity contribution in [3.8, 4) is 0 Å². The minimum atomic E-state index is -2.11. The molecule has 0 aliphatic carbocycles. The van der Waals surface area contributed by atoms with Crippen LogP contribution in [0.15, 0.2) is 0 Å². The van der Waals surface area contributed by atoms with Gasteiger partial charge in [0, 0.05) is 13.1 Å². The number of unbranched alkanes of at least 4 members (excludes halogenated alkanes) is 3. The molecule has 0 bridgehead atoms. The van der Waals surface area contributed by atoms with Gasteiger partial charge in [-0.05, 0) is 18.8 Å². The Balaban J connectivity index is 3.13. The molecule has 1 rings (SSSR count). The number of rotatable bonds is 10. The molecule has 0 aliphatic heterocycles. The molecule has 0 aliphatic rings. The molecule has 0 amide bonds. The summed E-state index contributed by atoms with van der Waals surface area (Å²) in [5.41, 5.74) is -0.800. The number of nitrogens with zero attached hydrogens (tertiary/aromatic N) is 1. The van der Waals surface area contributed by atoms with Gasteiger partial charge < -0.3 is 4.90 Å². The second-order valence-corrected chi connectivity index (χ2v) is 6.32. The maximum atomic E-state index is 14.1. The molecule has 138 valence electrons. The Morgan fingerprint density at radius 2 is 1.29 bits per heavy atom. The molecule has 0 saturated carbocycles. The minimum absolute atomic E-state index is 0.0937. The summed E-state index contributed by atoms with van der Waals surface area (Å²) >= 11 is 0. The van der Waals surface area contributed by atoms with E-state index in [1.807, 2.05) is 20.8 Å². The first-order valence-corrected chi connectivity index (χ1v) is 8.61. The van der Waals surface area contributed by atoms with Crippen molar-refractivity contribution >= 4 is 5.69 Å². The largest absolute Gasteiger partial charge is 0.366 e. The lowest BCUT2D eigenvalue weighted by Gasteiger charge is -2.29. The van der Waals surface area contributed by atoms with Gasteiger partial charge in [0.05, 0.1) is 0 Å². The molecule has 0 aromatic heterocycles. The van der Waals surface area contributed by atoms with Crippen LogP contribution in [0.2, 0.25) is 0 Å². The minimum Gasteiger partial charge on any atom is -0.366 e. The third-order valence-corrected chi connectivity index (χ3v) is 4.10. The Morgan fingerprint density at radius 1 is 0.750 bits per heavy atom. The van der Waals surface area contributed by atoms with Gasteiger partial charge in [-0.1, -0.05) is 46.5 Å². The number of halogens is 5. The van der Waals surface area contributed by atoms with E-state index in [1.54, 1.807) is 0 Å². The predicted octanol–water partition coefficient (Wildman–Crippen LogP) is 6.21. The second-order valence-electron chi connectivity index (χ2n) is 6.32. The predicted molar refractivity (Wildman–Crippen MR) is 86.7 cm³/mol. The lowest BCUT2D eigenvalue weighted by molar-refractivity contribution is 0.375. The van der Waals surface area contributed by atoms with Crippen LogP contribution in [0.3, 0.4) is 0 Å². The molecule has 1 unspecified atom stereocenters. The zero-order chi connectivity index (χ0) is 18.3. The summed E-state index contributed by atoms with van der Waals surface area (Å²) in [5.74, 6) is -9.27. The fourth-order valence-electron chi connectivity index (χ4n) is 2.86. The molecule has 0 spiro atoms. The van der Waals surface area contributed by atoms with Crippen LogP contribution in [-0.2, 0) is 0 Å². The van der Waals surface area contributed by atoms with Crippen LogP contribution >= 0.6 is 0 Å². The van der Waals surface area contributed by atoms with Crippen molar-refractivity contribution in [2.24, 2.45) is 5.92 Å². The summed E-state index contributed by atoms with van der Waals surface area (Å²) in [6, 6.07) is 0. The van der Waals surface area contributed by atoms with Crippen LogP contribution in [-0.4, -0.2) is 13.1 Å². The Kier molecular flexibility index (Phi) is 8.50. The van der Waals surface area contributed by atoms with Gasteiger partial charge >= 0.3 is 0 Å². The van der Waals surface area contributed by atoms with Crippen LogP contribution in [0.5, 0.6) is 0 Å². The average molecular weight is 351 g/mol. The Labute approximate surface area is 140 Å². The van der Waals surface area contributed by atoms with Crippen molar-refractivity contribution in [1.82, 2.24) is 0 Å². The zero-order valence-corrected chi connectivity index (χ0v) is 14.6. The standard InChI is InChI=1S/C18H26F5N/c1-4-6-7-8-10-24(11-12(3)9-5-2)18-16(22)14(20)13(19)15(21)17(18)23/h12H,4-11H2,1-3H3. The molecular formula is C18H26F5N. The average Bonchev–Trinajstić information content (AvgIpc) is 2.55. The fourth-order valence-corrected chi connectivity index (χ4v) is 2.86. The van der Waals surface area contributed by atoms with Gasteiger partial charge in [0.2, 0.25) is 5.82 Å². The second kappa shape index (κ2) is 9.84. The Morgan fingerprint density at radius 3 is 1.79 bits per heavy atom.